The second-order valence-electron chi connectivity index (χ2n) is 5.26. The number of para-hydroxylation sites is 1. The lowest BCUT2D eigenvalue weighted by atomic mass is 9.78. The number of hydrogen-bond donors (Lipinski definition) is 2. The highest BCUT2D eigenvalue weighted by Gasteiger charge is 2.41. The summed E-state index contributed by atoms with van der Waals surface area (Å²) in [4.78, 5) is 2.37. The van der Waals surface area contributed by atoms with Crippen molar-refractivity contribution >= 4 is 0 Å². The Hall–Kier alpha value is -1.06. The number of aliphatic hydroxyl groups is 1. The Balaban J connectivity index is 1.79. The molecule has 92 valence electrons. The largest absolute Gasteiger partial charge is 0.508 e. The van der Waals surface area contributed by atoms with Crippen LogP contribution in [0.5, 0.6) is 5.75 Å². The fourth-order valence-corrected chi connectivity index (χ4v) is 3.28. The van der Waals surface area contributed by atoms with E-state index in [0.717, 1.165) is 37.9 Å². The van der Waals surface area contributed by atoms with Gasteiger partial charge in [-0.2, -0.15) is 0 Å². The maximum Gasteiger partial charge on any atom is 0.118 e. The predicted molar refractivity (Wildman–Crippen MR) is 65.9 cm³/mol. The van der Waals surface area contributed by atoms with E-state index in [4.69, 9.17) is 0 Å². The Morgan fingerprint density at radius 1 is 1.18 bits per heavy atom. The van der Waals surface area contributed by atoms with Crippen LogP contribution >= 0.6 is 0 Å². The van der Waals surface area contributed by atoms with Gasteiger partial charge in [0.1, 0.15) is 5.75 Å². The molecule has 0 aromatic heterocycles. The van der Waals surface area contributed by atoms with Crippen LogP contribution in [0.3, 0.4) is 0 Å². The number of piperidine rings is 3. The van der Waals surface area contributed by atoms with E-state index in [1.165, 1.54) is 0 Å². The van der Waals surface area contributed by atoms with Crippen LogP contribution < -0.4 is 0 Å². The quantitative estimate of drug-likeness (QED) is 0.811. The lowest BCUT2D eigenvalue weighted by Gasteiger charge is -2.49. The van der Waals surface area contributed by atoms with Crippen LogP contribution in [0, 0.1) is 5.92 Å². The Kier molecular flexibility index (Phi) is 2.81. The molecule has 1 aromatic carbocycles. The molecule has 0 spiro atoms. The summed E-state index contributed by atoms with van der Waals surface area (Å²) in [5.41, 5.74) is 0.948. The summed E-state index contributed by atoms with van der Waals surface area (Å²) in [7, 11) is 0. The summed E-state index contributed by atoms with van der Waals surface area (Å²) in [5.74, 6) is 0.818. The van der Waals surface area contributed by atoms with Gasteiger partial charge in [0.15, 0.2) is 0 Å². The van der Waals surface area contributed by atoms with E-state index in [-0.39, 0.29) is 12.1 Å². The molecule has 2 atom stereocenters. The molecule has 0 radical (unpaired) electrons. The van der Waals surface area contributed by atoms with Gasteiger partial charge in [0.05, 0.1) is 6.10 Å². The van der Waals surface area contributed by atoms with Gasteiger partial charge >= 0.3 is 0 Å². The molecule has 0 amide bonds. The molecule has 4 rings (SSSR count). The number of phenolic OH excluding ortho intramolecular Hbond substituents is 1. The van der Waals surface area contributed by atoms with Gasteiger partial charge in [-0.05, 0) is 49.9 Å². The maximum absolute atomic E-state index is 10.3. The monoisotopic (exact) mass is 233 g/mol. The van der Waals surface area contributed by atoms with Crippen LogP contribution in [-0.4, -0.2) is 40.3 Å². The van der Waals surface area contributed by atoms with Crippen molar-refractivity contribution in [1.29, 1.82) is 0 Å². The predicted octanol–water partition coefficient (Wildman–Crippen LogP) is 1.39. The fourth-order valence-electron chi connectivity index (χ4n) is 3.28. The Morgan fingerprint density at radius 3 is 2.53 bits per heavy atom. The molecule has 2 N–H and O–H groups in total. The zero-order chi connectivity index (χ0) is 11.8. The molecule has 3 aliphatic rings. The number of aliphatic hydroxyl groups excluding tert-OH is 1. The highest BCUT2D eigenvalue weighted by Crippen LogP contribution is 2.34. The van der Waals surface area contributed by atoms with Crippen molar-refractivity contribution in [3.8, 4) is 5.75 Å². The summed E-state index contributed by atoms with van der Waals surface area (Å²) < 4.78 is 0. The van der Waals surface area contributed by atoms with Crippen LogP contribution in [0.1, 0.15) is 18.4 Å². The van der Waals surface area contributed by atoms with E-state index >= 15 is 0 Å². The summed E-state index contributed by atoms with van der Waals surface area (Å²) in [6.45, 7) is 2.19. The van der Waals surface area contributed by atoms with Gasteiger partial charge in [-0.15, -0.1) is 0 Å². The zero-order valence-corrected chi connectivity index (χ0v) is 9.92. The number of benzene rings is 1. The molecule has 1 aromatic rings. The Bertz CT molecular complexity index is 397. The number of fused-ring (bicyclic) bond motifs is 3. The first-order chi connectivity index (χ1) is 8.25. The van der Waals surface area contributed by atoms with Crippen molar-refractivity contribution < 1.29 is 10.2 Å². The average Bonchev–Trinajstić information content (AvgIpc) is 2.36. The third-order valence-corrected chi connectivity index (χ3v) is 4.34. The fraction of sp³-hybridized carbons (Fsp3) is 0.571. The van der Waals surface area contributed by atoms with Gasteiger partial charge in [0.25, 0.3) is 0 Å². The van der Waals surface area contributed by atoms with Crippen molar-refractivity contribution in [3.05, 3.63) is 29.8 Å². The number of rotatable bonds is 2. The van der Waals surface area contributed by atoms with Crippen LogP contribution in [0.25, 0.3) is 0 Å². The molecule has 0 unspecified atom stereocenters. The molecule has 2 bridgehead atoms. The molecule has 0 aliphatic carbocycles. The molecule has 3 saturated heterocycles. The zero-order valence-electron chi connectivity index (χ0n) is 9.92. The maximum atomic E-state index is 10.3. The van der Waals surface area contributed by atoms with Gasteiger partial charge < -0.3 is 10.2 Å². The Labute approximate surface area is 102 Å². The van der Waals surface area contributed by atoms with E-state index in [0.29, 0.717) is 11.7 Å². The lowest BCUT2D eigenvalue weighted by Crippen LogP contribution is -2.58. The van der Waals surface area contributed by atoms with Gasteiger partial charge in [-0.1, -0.05) is 18.2 Å². The molecule has 3 nitrogen and oxygen atoms in total. The van der Waals surface area contributed by atoms with Gasteiger partial charge in [0, 0.05) is 6.04 Å². The topological polar surface area (TPSA) is 43.7 Å². The highest BCUT2D eigenvalue weighted by molar-refractivity contribution is 5.32. The smallest absolute Gasteiger partial charge is 0.118 e. The third-order valence-electron chi connectivity index (χ3n) is 4.34. The SMILES string of the molecule is Oc1ccccc1C[C@H]1[C@@H](O)C2CCN1CC2. The van der Waals surface area contributed by atoms with Crippen molar-refractivity contribution in [3.63, 3.8) is 0 Å². The standard InChI is InChI=1S/C14H19NO2/c16-13-4-2-1-3-11(13)9-12-14(17)10-5-7-15(12)8-6-10/h1-4,10,12,14,16-17H,5-9H2/t12-,14-/m0/s1. The number of nitrogens with zero attached hydrogens (tertiary/aromatic N) is 1. The molecule has 3 heterocycles. The van der Waals surface area contributed by atoms with Crippen molar-refractivity contribution in [2.24, 2.45) is 5.92 Å². The second kappa shape index (κ2) is 4.31. The minimum atomic E-state index is -0.225. The van der Waals surface area contributed by atoms with Crippen LogP contribution in [-0.2, 0) is 6.42 Å². The van der Waals surface area contributed by atoms with Crippen molar-refractivity contribution in [2.45, 2.75) is 31.4 Å². The Morgan fingerprint density at radius 2 is 1.88 bits per heavy atom. The average molecular weight is 233 g/mol. The number of phenols is 1. The van der Waals surface area contributed by atoms with Gasteiger partial charge in [-0.3, -0.25) is 4.90 Å². The summed E-state index contributed by atoms with van der Waals surface area (Å²) in [6.07, 6.45) is 2.78. The van der Waals surface area contributed by atoms with Crippen LogP contribution in [0.2, 0.25) is 0 Å². The van der Waals surface area contributed by atoms with Crippen LogP contribution in [0.15, 0.2) is 24.3 Å². The first kappa shape index (κ1) is 11.1. The summed E-state index contributed by atoms with van der Waals surface area (Å²) in [5, 5.41) is 20.1. The first-order valence-corrected chi connectivity index (χ1v) is 6.44. The minimum Gasteiger partial charge on any atom is -0.508 e. The molecule has 17 heavy (non-hydrogen) atoms. The number of hydrogen-bond acceptors (Lipinski definition) is 3. The molecule has 0 saturated carbocycles. The number of aromatic hydroxyl groups is 1. The van der Waals surface area contributed by atoms with E-state index < -0.39 is 0 Å². The van der Waals surface area contributed by atoms with Crippen molar-refractivity contribution in [2.75, 3.05) is 13.1 Å². The first-order valence-electron chi connectivity index (χ1n) is 6.44. The van der Waals surface area contributed by atoms with E-state index in [2.05, 4.69) is 4.90 Å². The minimum absolute atomic E-state index is 0.191. The third kappa shape index (κ3) is 1.94. The molecule has 3 aliphatic heterocycles. The second-order valence-corrected chi connectivity index (χ2v) is 5.26. The summed E-state index contributed by atoms with van der Waals surface area (Å²) >= 11 is 0. The van der Waals surface area contributed by atoms with Crippen LogP contribution in [0.4, 0.5) is 0 Å². The van der Waals surface area contributed by atoms with E-state index in [9.17, 15) is 10.2 Å². The van der Waals surface area contributed by atoms with Gasteiger partial charge in [-0.25, -0.2) is 0 Å². The molecule has 3 heteroatoms. The molecular weight excluding hydrogens is 214 g/mol. The summed E-state index contributed by atoms with van der Waals surface area (Å²) in [6, 6.07) is 7.64. The van der Waals surface area contributed by atoms with E-state index in [1.807, 2.05) is 18.2 Å². The van der Waals surface area contributed by atoms with Gasteiger partial charge in [0.2, 0.25) is 0 Å². The molecular formula is C14H19NO2. The lowest BCUT2D eigenvalue weighted by molar-refractivity contribution is -0.0716. The van der Waals surface area contributed by atoms with E-state index in [1.54, 1.807) is 6.07 Å². The highest BCUT2D eigenvalue weighted by atomic mass is 16.3. The molecule has 3 fully saturated rings. The normalized spacial score (nSPS) is 36.1. The van der Waals surface area contributed by atoms with Crippen molar-refractivity contribution in [1.82, 2.24) is 4.90 Å².